The molecule has 1 aromatic carbocycles. The first-order chi connectivity index (χ1) is 4.72. The second-order valence-electron chi connectivity index (χ2n) is 1.76. The quantitative estimate of drug-likeness (QED) is 0.680. The van der Waals surface area contributed by atoms with E-state index in [1.807, 2.05) is 0 Å². The van der Waals surface area contributed by atoms with Crippen molar-refractivity contribution in [3.63, 3.8) is 0 Å². The lowest BCUT2D eigenvalue weighted by molar-refractivity contribution is 0.561. The first-order valence-electron chi connectivity index (χ1n) is 2.56. The number of hydrogen-bond acceptors (Lipinski definition) is 1. The molecule has 0 saturated carbocycles. The van der Waals surface area contributed by atoms with Crippen LogP contribution >= 0.6 is 15.9 Å². The van der Waals surface area contributed by atoms with Crippen LogP contribution in [0.5, 0.6) is 0 Å². The van der Waals surface area contributed by atoms with Gasteiger partial charge in [-0.3, -0.25) is 4.79 Å². The molecule has 0 aliphatic carbocycles. The van der Waals surface area contributed by atoms with Gasteiger partial charge in [-0.05, 0) is 18.2 Å². The molecular formula is C7H3BrFO. The molecule has 1 radical (unpaired) electrons. The first kappa shape index (κ1) is 7.41. The number of hydrogen-bond donors (Lipinski definition) is 0. The van der Waals surface area contributed by atoms with Crippen molar-refractivity contribution in [3.05, 3.63) is 34.1 Å². The van der Waals surface area contributed by atoms with Gasteiger partial charge in [0.15, 0.2) is 0 Å². The zero-order valence-corrected chi connectivity index (χ0v) is 6.48. The van der Waals surface area contributed by atoms with Crippen LogP contribution in [0.4, 0.5) is 4.39 Å². The molecule has 0 bridgehead atoms. The molecule has 0 atom stereocenters. The molecule has 0 N–H and O–H groups in total. The summed E-state index contributed by atoms with van der Waals surface area (Å²) in [4.78, 5) is 10.00. The van der Waals surface area contributed by atoms with Crippen LogP contribution in [0.3, 0.4) is 0 Å². The largest absolute Gasteiger partial charge is 0.285 e. The summed E-state index contributed by atoms with van der Waals surface area (Å²) in [5.41, 5.74) is 0.215. The minimum atomic E-state index is -0.437. The average molecular weight is 202 g/mol. The van der Waals surface area contributed by atoms with Crippen LogP contribution in [0.15, 0.2) is 22.7 Å². The van der Waals surface area contributed by atoms with Crippen LogP contribution in [0.25, 0.3) is 0 Å². The van der Waals surface area contributed by atoms with Gasteiger partial charge in [-0.1, -0.05) is 15.9 Å². The molecule has 3 heteroatoms. The maximum Gasteiger partial charge on any atom is 0.233 e. The molecule has 10 heavy (non-hydrogen) atoms. The lowest BCUT2D eigenvalue weighted by Gasteiger charge is -1.91. The molecule has 1 nitrogen and oxygen atoms in total. The Bertz CT molecular complexity index is 240. The summed E-state index contributed by atoms with van der Waals surface area (Å²) in [6.07, 6.45) is 1.59. The van der Waals surface area contributed by atoms with E-state index in [2.05, 4.69) is 15.9 Å². The highest BCUT2D eigenvalue weighted by Gasteiger charge is 1.96. The fourth-order valence-electron chi connectivity index (χ4n) is 0.613. The smallest absolute Gasteiger partial charge is 0.233 e. The van der Waals surface area contributed by atoms with Crippen LogP contribution in [0.1, 0.15) is 5.56 Å². The van der Waals surface area contributed by atoms with E-state index in [9.17, 15) is 9.18 Å². The van der Waals surface area contributed by atoms with E-state index in [0.717, 1.165) is 6.07 Å². The van der Waals surface area contributed by atoms with Gasteiger partial charge in [-0.25, -0.2) is 4.39 Å². The Hall–Kier alpha value is -0.700. The summed E-state index contributed by atoms with van der Waals surface area (Å²) in [6, 6.07) is 3.90. The summed E-state index contributed by atoms with van der Waals surface area (Å²) in [5, 5.41) is 0. The number of halogens is 2. The molecule has 0 aliphatic rings. The van der Waals surface area contributed by atoms with Gasteiger partial charge >= 0.3 is 0 Å². The normalized spacial score (nSPS) is 9.40. The van der Waals surface area contributed by atoms with E-state index in [1.165, 1.54) is 12.1 Å². The third kappa shape index (κ3) is 1.64. The third-order valence-corrected chi connectivity index (χ3v) is 1.44. The summed E-state index contributed by atoms with van der Waals surface area (Å²) in [7, 11) is 0. The Morgan fingerprint density at radius 1 is 1.40 bits per heavy atom. The third-order valence-electron chi connectivity index (χ3n) is 0.980. The highest BCUT2D eigenvalue weighted by Crippen LogP contribution is 2.12. The van der Waals surface area contributed by atoms with Gasteiger partial charge in [0.2, 0.25) is 6.29 Å². The number of benzene rings is 1. The minimum absolute atomic E-state index is 0.215. The minimum Gasteiger partial charge on any atom is -0.285 e. The fourth-order valence-corrected chi connectivity index (χ4v) is 1.08. The second-order valence-corrected chi connectivity index (χ2v) is 2.68. The van der Waals surface area contributed by atoms with Gasteiger partial charge in [0.05, 0.1) is 0 Å². The van der Waals surface area contributed by atoms with Gasteiger partial charge in [-0.15, -0.1) is 0 Å². The summed E-state index contributed by atoms with van der Waals surface area (Å²) in [6.45, 7) is 0. The second kappa shape index (κ2) is 2.92. The van der Waals surface area contributed by atoms with Gasteiger partial charge in [-0.2, -0.15) is 0 Å². The predicted octanol–water partition coefficient (Wildman–Crippen LogP) is 2.05. The molecular weight excluding hydrogens is 199 g/mol. The van der Waals surface area contributed by atoms with Crippen LogP contribution < -0.4 is 0 Å². The van der Waals surface area contributed by atoms with Crippen molar-refractivity contribution >= 4 is 22.2 Å². The van der Waals surface area contributed by atoms with E-state index >= 15 is 0 Å². The molecule has 0 aromatic heterocycles. The SMILES string of the molecule is O=[C]c1cc(F)cc(Br)c1. The van der Waals surface area contributed by atoms with Crippen molar-refractivity contribution < 1.29 is 9.18 Å². The van der Waals surface area contributed by atoms with E-state index in [4.69, 9.17) is 0 Å². The van der Waals surface area contributed by atoms with Crippen LogP contribution in [0.2, 0.25) is 0 Å². The Morgan fingerprint density at radius 2 is 2.10 bits per heavy atom. The van der Waals surface area contributed by atoms with E-state index < -0.39 is 5.82 Å². The summed E-state index contributed by atoms with van der Waals surface area (Å²) >= 11 is 3.03. The molecule has 0 spiro atoms. The summed E-state index contributed by atoms with van der Waals surface area (Å²) in [5.74, 6) is -0.437. The standard InChI is InChI=1S/C7H3BrFO/c8-6-1-5(4-10)2-7(9)3-6/h1-3H. The molecule has 0 unspecified atom stereocenters. The molecule has 0 aliphatic heterocycles. The molecule has 0 amide bonds. The van der Waals surface area contributed by atoms with Crippen molar-refractivity contribution in [2.24, 2.45) is 0 Å². The van der Waals surface area contributed by atoms with E-state index in [-0.39, 0.29) is 5.56 Å². The van der Waals surface area contributed by atoms with Crippen molar-refractivity contribution in [3.8, 4) is 0 Å². The zero-order chi connectivity index (χ0) is 7.56. The maximum absolute atomic E-state index is 12.4. The van der Waals surface area contributed by atoms with Crippen LogP contribution in [-0.2, 0) is 4.79 Å². The monoisotopic (exact) mass is 201 g/mol. The van der Waals surface area contributed by atoms with Crippen LogP contribution in [0, 0.1) is 5.82 Å². The van der Waals surface area contributed by atoms with Crippen molar-refractivity contribution in [1.29, 1.82) is 0 Å². The van der Waals surface area contributed by atoms with Gasteiger partial charge in [0.1, 0.15) is 5.82 Å². The lowest BCUT2D eigenvalue weighted by atomic mass is 10.2. The Morgan fingerprint density at radius 3 is 2.60 bits per heavy atom. The summed E-state index contributed by atoms with van der Waals surface area (Å²) < 4.78 is 13.0. The topological polar surface area (TPSA) is 17.1 Å². The molecule has 0 heterocycles. The maximum atomic E-state index is 12.4. The zero-order valence-electron chi connectivity index (χ0n) is 4.90. The number of carbonyl (C=O) groups excluding carboxylic acids is 1. The molecule has 51 valence electrons. The highest BCUT2D eigenvalue weighted by molar-refractivity contribution is 9.10. The average Bonchev–Trinajstić information content (AvgIpc) is 1.85. The van der Waals surface area contributed by atoms with Crippen molar-refractivity contribution in [1.82, 2.24) is 0 Å². The van der Waals surface area contributed by atoms with Gasteiger partial charge in [0, 0.05) is 10.0 Å². The van der Waals surface area contributed by atoms with Gasteiger partial charge < -0.3 is 0 Å². The Balaban J connectivity index is 3.18. The Kier molecular flexibility index (Phi) is 2.17. The van der Waals surface area contributed by atoms with Gasteiger partial charge in [0.25, 0.3) is 0 Å². The van der Waals surface area contributed by atoms with Crippen molar-refractivity contribution in [2.75, 3.05) is 0 Å². The fraction of sp³-hybridized carbons (Fsp3) is 0. The lowest BCUT2D eigenvalue weighted by Crippen LogP contribution is -1.82. The Labute approximate surface area is 66.0 Å². The van der Waals surface area contributed by atoms with Crippen LogP contribution in [-0.4, -0.2) is 6.29 Å². The number of rotatable bonds is 1. The highest BCUT2D eigenvalue weighted by atomic mass is 79.9. The molecule has 0 fully saturated rings. The van der Waals surface area contributed by atoms with Crippen molar-refractivity contribution in [2.45, 2.75) is 0 Å². The molecule has 0 saturated heterocycles. The molecule has 1 aromatic rings. The predicted molar refractivity (Wildman–Crippen MR) is 38.9 cm³/mol. The van der Waals surface area contributed by atoms with E-state index in [1.54, 1.807) is 6.29 Å². The first-order valence-corrected chi connectivity index (χ1v) is 3.36. The van der Waals surface area contributed by atoms with E-state index in [0.29, 0.717) is 4.47 Å². The molecule has 1 rings (SSSR count).